The number of benzene rings is 5. The van der Waals surface area contributed by atoms with Crippen molar-refractivity contribution in [3.63, 3.8) is 0 Å². The fourth-order valence-electron chi connectivity index (χ4n) is 13.8. The zero-order chi connectivity index (χ0) is 79.4. The van der Waals surface area contributed by atoms with Gasteiger partial charge in [-0.05, 0) is 160 Å². The number of carbonyl (C=O) groups excluding carboxylic acids is 4. The molecule has 0 bridgehead atoms. The Kier molecular flexibility index (Phi) is 21.5. The van der Waals surface area contributed by atoms with Crippen LogP contribution in [0.25, 0.3) is 77.6 Å². The molecular formula is C83H84N18O14. The van der Waals surface area contributed by atoms with Crippen LogP contribution in [0.15, 0.2) is 145 Å². The van der Waals surface area contributed by atoms with E-state index in [-0.39, 0.29) is 53.9 Å². The Hall–Kier alpha value is -13.5. The average molecular weight is 1560 g/mol. The second-order valence-corrected chi connectivity index (χ2v) is 28.7. The molecule has 32 nitrogen and oxygen atoms in total. The molecule has 0 radical (unpaired) electrons. The Morgan fingerprint density at radius 3 is 1.40 bits per heavy atom. The molecule has 32 heteroatoms. The third-order valence-corrected chi connectivity index (χ3v) is 20.6. The number of rotatable bonds is 23. The maximum Gasteiger partial charge on any atom is 0.254 e. The quantitative estimate of drug-likeness (QED) is 0.0266. The lowest BCUT2D eigenvalue weighted by atomic mass is 9.85. The summed E-state index contributed by atoms with van der Waals surface area (Å²) in [6, 6.07) is 32.7. The molecule has 590 valence electrons. The third-order valence-electron chi connectivity index (χ3n) is 20.6. The molecule has 5 aliphatic rings. The first-order chi connectivity index (χ1) is 55.9. The summed E-state index contributed by atoms with van der Waals surface area (Å²) in [4.78, 5) is 97.8. The van der Waals surface area contributed by atoms with Gasteiger partial charge >= 0.3 is 0 Å². The highest BCUT2D eigenvalue weighted by molar-refractivity contribution is 6.03. The summed E-state index contributed by atoms with van der Waals surface area (Å²) in [6.45, 7) is 7.36. The van der Waals surface area contributed by atoms with Crippen molar-refractivity contribution in [3.05, 3.63) is 168 Å². The average Bonchev–Trinajstić information content (AvgIpc) is 1.67. The van der Waals surface area contributed by atoms with E-state index >= 15 is 0 Å². The van der Waals surface area contributed by atoms with Crippen LogP contribution < -0.4 is 60.3 Å². The van der Waals surface area contributed by atoms with Crippen LogP contribution in [0.5, 0.6) is 34.9 Å². The molecule has 13 aromatic rings. The van der Waals surface area contributed by atoms with E-state index in [1.54, 1.807) is 112 Å². The number of oxazole rings is 1. The highest BCUT2D eigenvalue weighted by Gasteiger charge is 2.33. The van der Waals surface area contributed by atoms with Gasteiger partial charge < -0.3 is 99.2 Å². The molecule has 115 heavy (non-hydrogen) atoms. The smallest absolute Gasteiger partial charge is 0.254 e. The molecule has 2 saturated carbocycles. The Balaban J connectivity index is 0.000000132. The number of nitrogens with one attached hydrogen (secondary N) is 9. The van der Waals surface area contributed by atoms with E-state index < -0.39 is 5.60 Å². The van der Waals surface area contributed by atoms with Gasteiger partial charge in [0.05, 0.1) is 106 Å². The van der Waals surface area contributed by atoms with Gasteiger partial charge in [0.25, 0.3) is 23.6 Å². The zero-order valence-corrected chi connectivity index (χ0v) is 64.1. The maximum absolute atomic E-state index is 12.7. The topological polar surface area (TPSA) is 401 Å². The Labute approximate surface area is 658 Å². The van der Waals surface area contributed by atoms with E-state index in [9.17, 15) is 24.3 Å². The van der Waals surface area contributed by atoms with Gasteiger partial charge in [-0.2, -0.15) is 29.9 Å². The van der Waals surface area contributed by atoms with E-state index in [2.05, 4.69) is 66.8 Å². The van der Waals surface area contributed by atoms with Crippen molar-refractivity contribution < 1.29 is 66.6 Å². The normalized spacial score (nSPS) is 16.5. The van der Waals surface area contributed by atoms with Crippen LogP contribution in [0.3, 0.4) is 0 Å². The summed E-state index contributed by atoms with van der Waals surface area (Å²) in [7, 11) is 7.82. The van der Waals surface area contributed by atoms with Crippen molar-refractivity contribution >= 4 is 103 Å². The molecule has 0 atom stereocenters. The largest absolute Gasteiger partial charge is 0.495 e. The zero-order valence-electron chi connectivity index (χ0n) is 64.1. The van der Waals surface area contributed by atoms with Crippen molar-refractivity contribution in [1.82, 2.24) is 75.7 Å². The van der Waals surface area contributed by atoms with Crippen LogP contribution in [0.2, 0.25) is 0 Å². The number of amides is 4. The van der Waals surface area contributed by atoms with E-state index in [1.807, 2.05) is 74.9 Å². The van der Waals surface area contributed by atoms with Gasteiger partial charge in [0.15, 0.2) is 11.5 Å². The lowest BCUT2D eigenvalue weighted by Crippen LogP contribution is -2.48. The molecule has 4 amide bonds. The van der Waals surface area contributed by atoms with Gasteiger partial charge in [0, 0.05) is 97.0 Å². The minimum atomic E-state index is -0.704. The first kappa shape index (κ1) is 75.6. The van der Waals surface area contributed by atoms with Crippen LogP contribution in [-0.4, -0.2) is 193 Å². The van der Waals surface area contributed by atoms with Crippen molar-refractivity contribution in [3.8, 4) is 68.3 Å². The maximum atomic E-state index is 12.7. The van der Waals surface area contributed by atoms with Crippen molar-refractivity contribution in [2.45, 2.75) is 88.7 Å². The number of aryl methyl sites for hydroxylation is 1. The van der Waals surface area contributed by atoms with Crippen molar-refractivity contribution in [1.29, 1.82) is 0 Å². The van der Waals surface area contributed by atoms with Crippen molar-refractivity contribution in [2.75, 3.05) is 91.0 Å². The predicted molar refractivity (Wildman–Crippen MR) is 429 cm³/mol. The van der Waals surface area contributed by atoms with Gasteiger partial charge in [-0.15, -0.1) is 0 Å². The molecule has 3 saturated heterocycles. The third kappa shape index (κ3) is 16.6. The number of ether oxygens (including phenoxy) is 8. The number of fused-ring (bicyclic) bond motifs is 4. The first-order valence-corrected chi connectivity index (χ1v) is 37.7. The number of aromatic nitrogens is 11. The molecule has 11 heterocycles. The number of aromatic amines is 3. The number of anilines is 6. The van der Waals surface area contributed by atoms with Gasteiger partial charge in [-0.25, -0.2) is 4.98 Å². The predicted octanol–water partition coefficient (Wildman–Crippen LogP) is 12.1. The number of nitrogens with zero attached hydrogens (tertiary/aromatic N) is 9. The van der Waals surface area contributed by atoms with Crippen LogP contribution in [0, 0.1) is 6.92 Å². The number of aliphatic hydroxyl groups is 1. The second-order valence-electron chi connectivity index (χ2n) is 28.7. The number of pyridine rings is 1. The molecule has 5 aromatic carbocycles. The Bertz CT molecular complexity index is 5780. The van der Waals surface area contributed by atoms with Crippen LogP contribution in [-0.2, 0) is 9.47 Å². The number of carbonyl (C=O) groups is 4. The fourth-order valence-corrected chi connectivity index (χ4v) is 13.8. The number of methoxy groups -OCH3 is 4. The number of hydrogen-bond acceptors (Lipinski definition) is 25. The van der Waals surface area contributed by atoms with Gasteiger partial charge in [0.2, 0.25) is 35.5 Å². The molecule has 0 spiro atoms. The highest BCUT2D eigenvalue weighted by Crippen LogP contribution is 2.43. The standard InChI is InChI=1S/C32H36N6O6.C29H28N6O5.C22H20N6O3/c1-32(41)12-10-22(11-13-32)44-30-26-23(18-4-6-19(7-5-18)28(39)33-2)15-34-27(26)37-31(38-30)36-24-9-8-20(14-25(24)42-3)29(40)35-21-16-43-17-21;1-15-31-22-8-6-16(10-24(22)39-15)20-12-30-26-25(20)28(40-19-4-3-5-19)35-29(34-26)33-21-9-7-17(11-23(21)37-2)27(36)32-18-13-38-14-18;1-30-17-11-14(21(29)28-9-10-28)3-4-16(17)25-22-26-19-18(20(27-22)31-2)15(12-24-19)13-5-7-23-8-6-13/h4-9,14-15,21-22,41H,10-13,16-17H2,1-3H3,(H,33,39)(H,35,40)(H2,34,36,37,38);6-12,18-19H,3-5,13-14H2,1-2H3,(H,32,36)(H2,30,33,34,35);3-8,11-12H,9-10H2,1-2H3,(H2,24,25,26,27). The highest BCUT2D eigenvalue weighted by atomic mass is 16.5. The van der Waals surface area contributed by atoms with Crippen LogP contribution in [0.1, 0.15) is 99.2 Å². The van der Waals surface area contributed by atoms with E-state index in [0.29, 0.717) is 166 Å². The van der Waals surface area contributed by atoms with Crippen LogP contribution in [0.4, 0.5) is 34.9 Å². The summed E-state index contributed by atoms with van der Waals surface area (Å²) >= 11 is 0. The first-order valence-electron chi connectivity index (χ1n) is 37.7. The second kappa shape index (κ2) is 32.7. The molecule has 3 aliphatic heterocycles. The van der Waals surface area contributed by atoms with E-state index in [1.165, 1.54) is 7.11 Å². The number of hydrogen-bond donors (Lipinski definition) is 10. The molecule has 8 aromatic heterocycles. The van der Waals surface area contributed by atoms with Gasteiger partial charge in [0.1, 0.15) is 51.9 Å². The van der Waals surface area contributed by atoms with Gasteiger partial charge in [-0.3, -0.25) is 24.2 Å². The summed E-state index contributed by atoms with van der Waals surface area (Å²) in [5.41, 5.74) is 12.1. The van der Waals surface area contributed by atoms with Crippen molar-refractivity contribution in [2.24, 2.45) is 0 Å². The summed E-state index contributed by atoms with van der Waals surface area (Å²) in [5.74, 6) is 3.85. The lowest BCUT2D eigenvalue weighted by molar-refractivity contribution is -0.0114. The SMILES string of the molecule is CNC(=O)c1ccc(-c2c[nH]c3nc(Nc4ccc(C(=O)NC5COC5)cc4OC)nc(OC4CCC(C)(O)CC4)c23)cc1.COc1cc(C(=O)N2CC2)ccc1Nc1nc(OC)c2c(-c3ccncc3)c[nH]c2n1.COc1cc(C(=O)NC2COC2)ccc1Nc1nc(OC2CCC2)c2c(-c3ccc4nc(C)oc4c3)c[nH]c2n1. The fraction of sp³-hybridized carbons (Fsp3) is 0.301. The molecule has 10 N–H and O–H groups in total. The van der Waals surface area contributed by atoms with E-state index in [0.717, 1.165) is 87.6 Å². The monoisotopic (exact) mass is 1560 g/mol. The Morgan fingerprint density at radius 1 is 0.504 bits per heavy atom. The molecule has 2 aliphatic carbocycles. The lowest BCUT2D eigenvalue weighted by Gasteiger charge is -2.33. The molecule has 18 rings (SSSR count). The molecule has 0 unspecified atom stereocenters. The summed E-state index contributed by atoms with van der Waals surface area (Å²) in [5, 5.41) is 30.9. The van der Waals surface area contributed by atoms with Gasteiger partial charge in [-0.1, -0.05) is 18.2 Å². The number of H-pyrrole nitrogens is 3. The summed E-state index contributed by atoms with van der Waals surface area (Å²) in [6.07, 6.45) is 14.8. The van der Waals surface area contributed by atoms with Crippen LogP contribution >= 0.6 is 0 Å². The Morgan fingerprint density at radius 2 is 0.948 bits per heavy atom. The minimum Gasteiger partial charge on any atom is -0.495 e. The minimum absolute atomic E-state index is 0.000726. The molecule has 5 fully saturated rings. The molecular weight excluding hydrogens is 1470 g/mol. The summed E-state index contributed by atoms with van der Waals surface area (Å²) < 4.78 is 51.2. The van der Waals surface area contributed by atoms with E-state index in [4.69, 9.17) is 62.2 Å².